The highest BCUT2D eigenvalue weighted by Gasteiger charge is 2.31. The summed E-state index contributed by atoms with van der Waals surface area (Å²) in [6, 6.07) is 2.06. The summed E-state index contributed by atoms with van der Waals surface area (Å²) in [5, 5.41) is 0. The topological polar surface area (TPSA) is 72.0 Å². The van der Waals surface area contributed by atoms with Crippen LogP contribution in [-0.4, -0.2) is 25.9 Å². The molecular weight excluding hydrogens is 226 g/mol. The van der Waals surface area contributed by atoms with E-state index >= 15 is 0 Å². The van der Waals surface area contributed by atoms with E-state index in [0.29, 0.717) is 11.8 Å². The number of nitrogens with one attached hydrogen (secondary N) is 1. The Hall–Kier alpha value is -1.88. The van der Waals surface area contributed by atoms with E-state index in [9.17, 15) is 0 Å². The van der Waals surface area contributed by atoms with Gasteiger partial charge in [-0.3, -0.25) is 4.40 Å². The van der Waals surface area contributed by atoms with Gasteiger partial charge in [0.25, 0.3) is 0 Å². The molecule has 5 heteroatoms. The largest absolute Gasteiger partial charge is 0.345 e. The zero-order valence-corrected chi connectivity index (χ0v) is 10.0. The summed E-state index contributed by atoms with van der Waals surface area (Å²) in [5.74, 6) is 1.28. The summed E-state index contributed by atoms with van der Waals surface area (Å²) < 4.78 is 2.22. The SMILES string of the molecule is NC[C@H]1C[C@@H](c2cnc3cnc4[nH]ccc4n32)C1. The Morgan fingerprint density at radius 2 is 2.22 bits per heavy atom. The minimum Gasteiger partial charge on any atom is -0.345 e. The van der Waals surface area contributed by atoms with Gasteiger partial charge in [-0.15, -0.1) is 0 Å². The first-order valence-electron chi connectivity index (χ1n) is 6.36. The molecule has 0 radical (unpaired) electrons. The number of imidazole rings is 1. The number of nitrogens with two attached hydrogens (primary N) is 1. The minimum atomic E-state index is 0.592. The molecule has 5 nitrogen and oxygen atoms in total. The van der Waals surface area contributed by atoms with Crippen molar-refractivity contribution in [3.05, 3.63) is 30.4 Å². The van der Waals surface area contributed by atoms with E-state index in [-0.39, 0.29) is 0 Å². The number of rotatable bonds is 2. The Bertz CT molecular complexity index is 704. The molecule has 0 aliphatic heterocycles. The monoisotopic (exact) mass is 241 g/mol. The maximum absolute atomic E-state index is 5.70. The Labute approximate surface area is 104 Å². The number of H-pyrrole nitrogens is 1. The average molecular weight is 241 g/mol. The van der Waals surface area contributed by atoms with Crippen molar-refractivity contribution in [2.75, 3.05) is 6.54 Å². The van der Waals surface area contributed by atoms with Crippen LogP contribution in [0.1, 0.15) is 24.5 Å². The van der Waals surface area contributed by atoms with Crippen LogP contribution >= 0.6 is 0 Å². The van der Waals surface area contributed by atoms with Crippen LogP contribution in [0.3, 0.4) is 0 Å². The van der Waals surface area contributed by atoms with Gasteiger partial charge >= 0.3 is 0 Å². The van der Waals surface area contributed by atoms with E-state index in [0.717, 1.165) is 23.4 Å². The second kappa shape index (κ2) is 3.55. The predicted molar refractivity (Wildman–Crippen MR) is 69.4 cm³/mol. The van der Waals surface area contributed by atoms with E-state index in [4.69, 9.17) is 5.73 Å². The van der Waals surface area contributed by atoms with Gasteiger partial charge in [-0.2, -0.15) is 0 Å². The molecule has 0 spiro atoms. The average Bonchev–Trinajstić information content (AvgIpc) is 2.92. The Balaban J connectivity index is 1.88. The van der Waals surface area contributed by atoms with Crippen LogP contribution in [0.25, 0.3) is 16.8 Å². The van der Waals surface area contributed by atoms with E-state index < -0.39 is 0 Å². The zero-order valence-electron chi connectivity index (χ0n) is 10.0. The first kappa shape index (κ1) is 10.1. The van der Waals surface area contributed by atoms with E-state index in [1.165, 1.54) is 18.5 Å². The molecule has 3 N–H and O–H groups in total. The molecule has 3 heterocycles. The second-order valence-corrected chi connectivity index (χ2v) is 5.12. The van der Waals surface area contributed by atoms with Gasteiger partial charge < -0.3 is 10.7 Å². The van der Waals surface area contributed by atoms with Crippen molar-refractivity contribution in [1.29, 1.82) is 0 Å². The van der Waals surface area contributed by atoms with Gasteiger partial charge in [0.2, 0.25) is 0 Å². The van der Waals surface area contributed by atoms with Crippen LogP contribution in [0.2, 0.25) is 0 Å². The Morgan fingerprint density at radius 1 is 1.33 bits per heavy atom. The highest BCUT2D eigenvalue weighted by Crippen LogP contribution is 2.41. The maximum Gasteiger partial charge on any atom is 0.156 e. The molecule has 3 aromatic rings. The third-order valence-corrected chi connectivity index (χ3v) is 4.06. The van der Waals surface area contributed by atoms with Gasteiger partial charge in [0.05, 0.1) is 11.7 Å². The van der Waals surface area contributed by atoms with Crippen molar-refractivity contribution in [2.45, 2.75) is 18.8 Å². The fourth-order valence-electron chi connectivity index (χ4n) is 2.95. The number of hydrogen-bond acceptors (Lipinski definition) is 3. The van der Waals surface area contributed by atoms with Crippen molar-refractivity contribution < 1.29 is 0 Å². The van der Waals surface area contributed by atoms with Crippen molar-refractivity contribution in [3.8, 4) is 0 Å². The van der Waals surface area contributed by atoms with Crippen molar-refractivity contribution >= 4 is 16.8 Å². The van der Waals surface area contributed by atoms with Gasteiger partial charge in [0.15, 0.2) is 11.3 Å². The van der Waals surface area contributed by atoms with Crippen LogP contribution in [0.4, 0.5) is 0 Å². The molecule has 0 bridgehead atoms. The molecule has 1 fully saturated rings. The molecule has 0 aromatic carbocycles. The lowest BCUT2D eigenvalue weighted by molar-refractivity contribution is 0.267. The summed E-state index contributed by atoms with van der Waals surface area (Å²) in [6.45, 7) is 0.800. The maximum atomic E-state index is 5.70. The summed E-state index contributed by atoms with van der Waals surface area (Å²) in [7, 11) is 0. The Kier molecular flexibility index (Phi) is 1.99. The molecule has 18 heavy (non-hydrogen) atoms. The molecule has 92 valence electrons. The molecule has 1 aliphatic carbocycles. The fraction of sp³-hybridized carbons (Fsp3) is 0.385. The van der Waals surface area contributed by atoms with Gasteiger partial charge in [0.1, 0.15) is 0 Å². The minimum absolute atomic E-state index is 0.592. The predicted octanol–water partition coefficient (Wildman–Crippen LogP) is 1.66. The number of hydrogen-bond donors (Lipinski definition) is 2. The summed E-state index contributed by atoms with van der Waals surface area (Å²) in [6.07, 6.45) is 8.09. The molecule has 0 amide bonds. The lowest BCUT2D eigenvalue weighted by Crippen LogP contribution is -2.29. The molecule has 3 aromatic heterocycles. The fourth-order valence-corrected chi connectivity index (χ4v) is 2.95. The zero-order chi connectivity index (χ0) is 12.1. The molecule has 0 unspecified atom stereocenters. The molecule has 0 saturated heterocycles. The Morgan fingerprint density at radius 3 is 3.06 bits per heavy atom. The third-order valence-electron chi connectivity index (χ3n) is 4.06. The van der Waals surface area contributed by atoms with Gasteiger partial charge in [-0.05, 0) is 31.4 Å². The van der Waals surface area contributed by atoms with Crippen molar-refractivity contribution in [3.63, 3.8) is 0 Å². The summed E-state index contributed by atoms with van der Waals surface area (Å²) >= 11 is 0. The van der Waals surface area contributed by atoms with E-state index in [1.54, 1.807) is 0 Å². The number of aromatic amines is 1. The van der Waals surface area contributed by atoms with Crippen molar-refractivity contribution in [1.82, 2.24) is 19.4 Å². The van der Waals surface area contributed by atoms with Crippen LogP contribution < -0.4 is 5.73 Å². The van der Waals surface area contributed by atoms with Crippen LogP contribution in [0.5, 0.6) is 0 Å². The van der Waals surface area contributed by atoms with Crippen LogP contribution in [-0.2, 0) is 0 Å². The van der Waals surface area contributed by atoms with E-state index in [1.807, 2.05) is 18.6 Å². The van der Waals surface area contributed by atoms with Gasteiger partial charge in [-0.25, -0.2) is 9.97 Å². The van der Waals surface area contributed by atoms with E-state index in [2.05, 4.69) is 25.4 Å². The standard InChI is InChI=1S/C13H15N5/c14-5-8-3-9(4-8)11-6-16-12-7-17-13-10(18(11)12)1-2-15-13/h1-2,6-9,15H,3-5,14H2/t8-,9+. The molecular formula is C13H15N5. The quantitative estimate of drug-likeness (QED) is 0.716. The first-order chi connectivity index (χ1) is 8.86. The lowest BCUT2D eigenvalue weighted by Gasteiger charge is -2.34. The number of fused-ring (bicyclic) bond motifs is 3. The van der Waals surface area contributed by atoms with Crippen molar-refractivity contribution in [2.24, 2.45) is 11.7 Å². The van der Waals surface area contributed by atoms with Crippen LogP contribution in [0.15, 0.2) is 24.7 Å². The number of aromatic nitrogens is 4. The molecule has 1 saturated carbocycles. The second-order valence-electron chi connectivity index (χ2n) is 5.12. The first-order valence-corrected chi connectivity index (χ1v) is 6.36. The van der Waals surface area contributed by atoms with Gasteiger partial charge in [0, 0.05) is 24.0 Å². The highest BCUT2D eigenvalue weighted by molar-refractivity contribution is 5.74. The lowest BCUT2D eigenvalue weighted by atomic mass is 9.73. The third kappa shape index (κ3) is 1.25. The summed E-state index contributed by atoms with van der Waals surface area (Å²) in [4.78, 5) is 12.0. The molecule has 4 rings (SSSR count). The van der Waals surface area contributed by atoms with Crippen LogP contribution in [0, 0.1) is 5.92 Å². The smallest absolute Gasteiger partial charge is 0.156 e. The highest BCUT2D eigenvalue weighted by atomic mass is 15.1. The normalized spacial score (nSPS) is 23.6. The summed E-state index contributed by atoms with van der Waals surface area (Å²) in [5.41, 5.74) is 9.94. The molecule has 1 aliphatic rings. The van der Waals surface area contributed by atoms with Gasteiger partial charge in [-0.1, -0.05) is 0 Å². The molecule has 0 atom stereocenters. The number of nitrogens with zero attached hydrogens (tertiary/aromatic N) is 3.